The van der Waals surface area contributed by atoms with E-state index in [1.54, 1.807) is 17.0 Å². The molecule has 1 aromatic rings. The predicted molar refractivity (Wildman–Crippen MR) is 63.4 cm³/mol. The summed E-state index contributed by atoms with van der Waals surface area (Å²) in [7, 11) is 0. The Kier molecular flexibility index (Phi) is 3.61. The van der Waals surface area contributed by atoms with Gasteiger partial charge in [-0.05, 0) is 12.1 Å². The molecule has 1 aliphatic heterocycles. The highest BCUT2D eigenvalue weighted by atomic mass is 35.5. The molecule has 0 aromatic carbocycles. The Hall–Kier alpha value is -1.89. The number of carbonyl (C=O) groups is 2. The molecule has 2 heterocycles. The van der Waals surface area contributed by atoms with Crippen LogP contribution in [0, 0.1) is 0 Å². The first-order valence-corrected chi connectivity index (χ1v) is 5.71. The Labute approximate surface area is 108 Å². The maximum atomic E-state index is 11.7. The molecule has 2 N–H and O–H groups in total. The van der Waals surface area contributed by atoms with E-state index >= 15 is 0 Å². The van der Waals surface area contributed by atoms with Crippen LogP contribution in [0.5, 0.6) is 0 Å². The van der Waals surface area contributed by atoms with Crippen LogP contribution in [0.2, 0.25) is 5.15 Å². The van der Waals surface area contributed by atoms with E-state index in [9.17, 15) is 9.59 Å². The lowest BCUT2D eigenvalue weighted by atomic mass is 10.1. The minimum atomic E-state index is -1.04. The molecule has 1 amide bonds. The second-order valence-corrected chi connectivity index (χ2v) is 4.20. The Morgan fingerprint density at radius 3 is 2.94 bits per heavy atom. The third kappa shape index (κ3) is 2.67. The Bertz CT molecular complexity index is 465. The fourth-order valence-electron chi connectivity index (χ4n) is 1.82. The normalized spacial score (nSPS) is 19.5. The van der Waals surface area contributed by atoms with E-state index in [1.807, 2.05) is 0 Å². The number of aliphatic carboxylic acids is 1. The Balaban J connectivity index is 2.24. The van der Waals surface area contributed by atoms with E-state index in [0.717, 1.165) is 0 Å². The first-order valence-electron chi connectivity index (χ1n) is 5.33. The van der Waals surface area contributed by atoms with Crippen molar-refractivity contribution < 1.29 is 14.7 Å². The highest BCUT2D eigenvalue weighted by Gasteiger charge is 2.32. The smallest absolute Gasteiger partial charge is 0.305 e. The SMILES string of the molecule is O=C(O)CC1C(=O)NCCN1c1ccc(Cl)nn1. The molecule has 0 radical (unpaired) electrons. The number of nitrogens with one attached hydrogen (secondary N) is 1. The van der Waals surface area contributed by atoms with Crippen molar-refractivity contribution in [3.8, 4) is 0 Å². The number of amides is 1. The fourth-order valence-corrected chi connectivity index (χ4v) is 1.92. The van der Waals surface area contributed by atoms with Gasteiger partial charge in [-0.3, -0.25) is 9.59 Å². The van der Waals surface area contributed by atoms with Crippen LogP contribution in [0.25, 0.3) is 0 Å². The van der Waals surface area contributed by atoms with Gasteiger partial charge in [-0.1, -0.05) is 11.6 Å². The number of carbonyl (C=O) groups excluding carboxylic acids is 1. The summed E-state index contributed by atoms with van der Waals surface area (Å²) >= 11 is 5.63. The molecule has 1 fully saturated rings. The van der Waals surface area contributed by atoms with Gasteiger partial charge in [0.05, 0.1) is 6.42 Å². The highest BCUT2D eigenvalue weighted by Crippen LogP contribution is 2.18. The molecule has 7 nitrogen and oxygen atoms in total. The zero-order valence-electron chi connectivity index (χ0n) is 9.34. The second-order valence-electron chi connectivity index (χ2n) is 3.81. The number of piperazine rings is 1. The molecular formula is C10H11ClN4O3. The standard InChI is InChI=1S/C10H11ClN4O3/c11-7-1-2-8(14-13-7)15-4-3-12-10(18)6(15)5-9(16)17/h1-2,6H,3-5H2,(H,12,18)(H,16,17). The zero-order valence-corrected chi connectivity index (χ0v) is 10.1. The largest absolute Gasteiger partial charge is 0.481 e. The summed E-state index contributed by atoms with van der Waals surface area (Å²) < 4.78 is 0. The first-order chi connectivity index (χ1) is 8.58. The number of carboxylic acid groups (broad SMARTS) is 1. The molecular weight excluding hydrogens is 260 g/mol. The third-order valence-electron chi connectivity index (χ3n) is 2.61. The molecule has 1 unspecified atom stereocenters. The molecule has 1 atom stereocenters. The van der Waals surface area contributed by atoms with Crippen molar-refractivity contribution in [3.05, 3.63) is 17.3 Å². The van der Waals surface area contributed by atoms with E-state index in [2.05, 4.69) is 15.5 Å². The molecule has 0 aliphatic carbocycles. The van der Waals surface area contributed by atoms with Gasteiger partial charge in [-0.2, -0.15) is 0 Å². The number of hydrogen-bond donors (Lipinski definition) is 2. The minimum absolute atomic E-state index is 0.245. The monoisotopic (exact) mass is 270 g/mol. The molecule has 0 spiro atoms. The number of carboxylic acids is 1. The van der Waals surface area contributed by atoms with Crippen molar-refractivity contribution in [1.82, 2.24) is 15.5 Å². The van der Waals surface area contributed by atoms with Gasteiger partial charge in [-0.15, -0.1) is 10.2 Å². The Morgan fingerprint density at radius 2 is 2.33 bits per heavy atom. The lowest BCUT2D eigenvalue weighted by Crippen LogP contribution is -2.56. The molecule has 18 heavy (non-hydrogen) atoms. The van der Waals surface area contributed by atoms with Gasteiger partial charge in [-0.25, -0.2) is 0 Å². The summed E-state index contributed by atoms with van der Waals surface area (Å²) in [5, 5.41) is 19.3. The summed E-state index contributed by atoms with van der Waals surface area (Å²) in [4.78, 5) is 24.1. The number of hydrogen-bond acceptors (Lipinski definition) is 5. The van der Waals surface area contributed by atoms with E-state index < -0.39 is 12.0 Å². The maximum Gasteiger partial charge on any atom is 0.305 e. The summed E-state index contributed by atoms with van der Waals surface area (Å²) in [5.41, 5.74) is 0. The number of nitrogens with zero attached hydrogens (tertiary/aromatic N) is 3. The Morgan fingerprint density at radius 1 is 1.56 bits per heavy atom. The predicted octanol–water partition coefficient (Wildman–Crippen LogP) is -0.0905. The summed E-state index contributed by atoms with van der Waals surface area (Å²) in [6, 6.07) is 2.39. The van der Waals surface area contributed by atoms with Crippen LogP contribution in [-0.4, -0.2) is 46.3 Å². The van der Waals surface area contributed by atoms with Crippen molar-refractivity contribution in [2.75, 3.05) is 18.0 Å². The maximum absolute atomic E-state index is 11.7. The van der Waals surface area contributed by atoms with Crippen LogP contribution in [0.4, 0.5) is 5.82 Å². The minimum Gasteiger partial charge on any atom is -0.481 e. The zero-order chi connectivity index (χ0) is 13.1. The van der Waals surface area contributed by atoms with Crippen molar-refractivity contribution >= 4 is 29.3 Å². The molecule has 1 saturated heterocycles. The number of anilines is 1. The van der Waals surface area contributed by atoms with Crippen molar-refractivity contribution in [1.29, 1.82) is 0 Å². The average molecular weight is 271 g/mol. The summed E-state index contributed by atoms with van der Waals surface area (Å²) in [6.45, 7) is 0.930. The quantitative estimate of drug-likeness (QED) is 0.797. The van der Waals surface area contributed by atoms with Crippen LogP contribution in [0.15, 0.2) is 12.1 Å². The molecule has 1 aliphatic rings. The number of halogens is 1. The topological polar surface area (TPSA) is 95.4 Å². The van der Waals surface area contributed by atoms with E-state index in [4.69, 9.17) is 16.7 Å². The van der Waals surface area contributed by atoms with Gasteiger partial charge in [0.2, 0.25) is 5.91 Å². The van der Waals surface area contributed by atoms with Crippen LogP contribution in [0.1, 0.15) is 6.42 Å². The van der Waals surface area contributed by atoms with Crippen molar-refractivity contribution in [3.63, 3.8) is 0 Å². The average Bonchev–Trinajstić information content (AvgIpc) is 2.32. The van der Waals surface area contributed by atoms with Crippen LogP contribution >= 0.6 is 11.6 Å². The lowest BCUT2D eigenvalue weighted by Gasteiger charge is -2.34. The van der Waals surface area contributed by atoms with E-state index in [-0.39, 0.29) is 17.5 Å². The van der Waals surface area contributed by atoms with Gasteiger partial charge in [0, 0.05) is 13.1 Å². The summed E-state index contributed by atoms with van der Waals surface area (Å²) in [6.07, 6.45) is -0.282. The van der Waals surface area contributed by atoms with Gasteiger partial charge in [0.1, 0.15) is 6.04 Å². The highest BCUT2D eigenvalue weighted by molar-refractivity contribution is 6.29. The van der Waals surface area contributed by atoms with Crippen LogP contribution in [-0.2, 0) is 9.59 Å². The van der Waals surface area contributed by atoms with Crippen LogP contribution < -0.4 is 10.2 Å². The number of rotatable bonds is 3. The van der Waals surface area contributed by atoms with Crippen molar-refractivity contribution in [2.24, 2.45) is 0 Å². The van der Waals surface area contributed by atoms with Gasteiger partial charge in [0.25, 0.3) is 0 Å². The second kappa shape index (κ2) is 5.18. The number of aromatic nitrogens is 2. The molecule has 1 aromatic heterocycles. The van der Waals surface area contributed by atoms with Crippen LogP contribution in [0.3, 0.4) is 0 Å². The molecule has 0 saturated carbocycles. The molecule has 0 bridgehead atoms. The van der Waals surface area contributed by atoms with Gasteiger partial charge < -0.3 is 15.3 Å². The van der Waals surface area contributed by atoms with Gasteiger partial charge >= 0.3 is 5.97 Å². The third-order valence-corrected chi connectivity index (χ3v) is 2.81. The molecule has 96 valence electrons. The lowest BCUT2D eigenvalue weighted by molar-refractivity contribution is -0.139. The van der Waals surface area contributed by atoms with Crippen molar-refractivity contribution in [2.45, 2.75) is 12.5 Å². The summed E-state index contributed by atoms with van der Waals surface area (Å²) in [5.74, 6) is -0.912. The van der Waals surface area contributed by atoms with E-state index in [0.29, 0.717) is 18.9 Å². The fraction of sp³-hybridized carbons (Fsp3) is 0.400. The molecule has 2 rings (SSSR count). The van der Waals surface area contributed by atoms with E-state index in [1.165, 1.54) is 0 Å². The first kappa shape index (κ1) is 12.6. The van der Waals surface area contributed by atoms with Gasteiger partial charge in [0.15, 0.2) is 11.0 Å². The molecule has 8 heteroatoms.